The molecule has 0 radical (unpaired) electrons. The summed E-state index contributed by atoms with van der Waals surface area (Å²) in [7, 11) is 1.55. The highest BCUT2D eigenvalue weighted by Gasteiger charge is 2.41. The molecule has 0 saturated heterocycles. The van der Waals surface area contributed by atoms with E-state index < -0.39 is 5.91 Å². The zero-order valence-electron chi connectivity index (χ0n) is 14.3. The van der Waals surface area contributed by atoms with Gasteiger partial charge in [0.25, 0.3) is 5.91 Å². The van der Waals surface area contributed by atoms with Crippen LogP contribution in [-0.2, 0) is 19.1 Å². The Bertz CT molecular complexity index is 656. The molecule has 0 spiro atoms. The number of nitrogens with one attached hydrogen (secondary N) is 1. The molecule has 6 heteroatoms. The van der Waals surface area contributed by atoms with Crippen molar-refractivity contribution in [3.8, 4) is 5.75 Å². The summed E-state index contributed by atoms with van der Waals surface area (Å²) in [6, 6.07) is 6.96. The van der Waals surface area contributed by atoms with Gasteiger partial charge in [-0.25, -0.2) is 0 Å². The van der Waals surface area contributed by atoms with Gasteiger partial charge in [0.15, 0.2) is 6.61 Å². The molecule has 2 saturated carbocycles. The van der Waals surface area contributed by atoms with Crippen molar-refractivity contribution in [3.05, 3.63) is 24.3 Å². The molecule has 1 N–H and O–H groups in total. The second-order valence-corrected chi connectivity index (χ2v) is 6.78. The summed E-state index contributed by atoms with van der Waals surface area (Å²) in [5, 5.41) is 2.67. The fourth-order valence-electron chi connectivity index (χ4n) is 3.82. The van der Waals surface area contributed by atoms with Gasteiger partial charge in [-0.15, -0.1) is 0 Å². The quantitative estimate of drug-likeness (QED) is 0.830. The molecule has 2 aliphatic carbocycles. The third-order valence-corrected chi connectivity index (χ3v) is 5.08. The Hall–Kier alpha value is -2.37. The lowest BCUT2D eigenvalue weighted by molar-refractivity contribution is -0.155. The lowest BCUT2D eigenvalue weighted by Crippen LogP contribution is -2.40. The van der Waals surface area contributed by atoms with Crippen LogP contribution in [0.25, 0.3) is 0 Å². The molecule has 1 amide bonds. The normalized spacial score (nSPS) is 25.2. The average molecular weight is 345 g/mol. The monoisotopic (exact) mass is 345 g/mol. The van der Waals surface area contributed by atoms with Crippen molar-refractivity contribution in [1.82, 2.24) is 0 Å². The first-order valence-corrected chi connectivity index (χ1v) is 8.71. The number of fused-ring (bicyclic) bond motifs is 2. The summed E-state index contributed by atoms with van der Waals surface area (Å²) >= 11 is 0. The van der Waals surface area contributed by atoms with E-state index in [2.05, 4.69) is 5.32 Å². The topological polar surface area (TPSA) is 81.7 Å². The minimum atomic E-state index is -0.395. The predicted molar refractivity (Wildman–Crippen MR) is 91.1 cm³/mol. The summed E-state index contributed by atoms with van der Waals surface area (Å²) in [5.74, 6) is -0.0953. The molecule has 2 bridgehead atoms. The van der Waals surface area contributed by atoms with Crippen LogP contribution in [0.4, 0.5) is 5.69 Å². The molecule has 0 unspecified atom stereocenters. The number of carbonyl (C=O) groups excluding carboxylic acids is 3. The first-order valence-electron chi connectivity index (χ1n) is 8.71. The van der Waals surface area contributed by atoms with E-state index in [0.29, 0.717) is 30.1 Å². The fourth-order valence-corrected chi connectivity index (χ4v) is 3.82. The van der Waals surface area contributed by atoms with Gasteiger partial charge < -0.3 is 14.8 Å². The minimum absolute atomic E-state index is 0.00402. The van der Waals surface area contributed by atoms with E-state index in [1.54, 1.807) is 31.4 Å². The Morgan fingerprint density at radius 3 is 2.60 bits per heavy atom. The fraction of sp³-hybridized carbons (Fsp3) is 0.526. The van der Waals surface area contributed by atoms with Gasteiger partial charge in [-0.1, -0.05) is 12.5 Å². The van der Waals surface area contributed by atoms with Crippen molar-refractivity contribution in [2.75, 3.05) is 19.0 Å². The second kappa shape index (κ2) is 7.68. The number of rotatable bonds is 5. The third-order valence-electron chi connectivity index (χ3n) is 5.08. The molecule has 3 rings (SSSR count). The number of ketones is 1. The number of amides is 1. The lowest BCUT2D eigenvalue weighted by Gasteiger charge is -2.36. The van der Waals surface area contributed by atoms with Gasteiger partial charge in [-0.2, -0.15) is 0 Å². The smallest absolute Gasteiger partial charge is 0.309 e. The molecule has 6 nitrogen and oxygen atoms in total. The number of ether oxygens (including phenoxy) is 2. The highest BCUT2D eigenvalue weighted by Crippen LogP contribution is 2.40. The number of hydrogen-bond donors (Lipinski definition) is 1. The van der Waals surface area contributed by atoms with Crippen LogP contribution in [0.2, 0.25) is 0 Å². The van der Waals surface area contributed by atoms with Gasteiger partial charge >= 0.3 is 5.97 Å². The van der Waals surface area contributed by atoms with Crippen molar-refractivity contribution >= 4 is 23.3 Å². The molecule has 0 heterocycles. The number of esters is 1. The van der Waals surface area contributed by atoms with E-state index in [4.69, 9.17) is 9.47 Å². The first-order chi connectivity index (χ1) is 12.1. The summed E-state index contributed by atoms with van der Waals surface area (Å²) in [6.07, 6.45) is 3.92. The molecule has 134 valence electrons. The zero-order chi connectivity index (χ0) is 17.8. The summed E-state index contributed by atoms with van der Waals surface area (Å²) in [6.45, 7) is -0.324. The van der Waals surface area contributed by atoms with Crippen molar-refractivity contribution in [1.29, 1.82) is 0 Å². The minimum Gasteiger partial charge on any atom is -0.497 e. The van der Waals surface area contributed by atoms with Crippen LogP contribution in [0.5, 0.6) is 5.75 Å². The van der Waals surface area contributed by atoms with E-state index in [0.717, 1.165) is 19.3 Å². The second-order valence-electron chi connectivity index (χ2n) is 6.78. The van der Waals surface area contributed by atoms with Crippen LogP contribution < -0.4 is 10.1 Å². The van der Waals surface area contributed by atoms with E-state index in [1.165, 1.54) is 0 Å². The highest BCUT2D eigenvalue weighted by molar-refractivity contribution is 5.93. The Morgan fingerprint density at radius 1 is 1.20 bits per heavy atom. The molecule has 0 aromatic heterocycles. The van der Waals surface area contributed by atoms with Crippen LogP contribution in [0.3, 0.4) is 0 Å². The first kappa shape index (κ1) is 17.5. The average Bonchev–Trinajstić information content (AvgIpc) is 2.59. The maximum atomic E-state index is 12.3. The van der Waals surface area contributed by atoms with E-state index in [-0.39, 0.29) is 30.3 Å². The van der Waals surface area contributed by atoms with Crippen LogP contribution >= 0.6 is 0 Å². The third kappa shape index (κ3) is 4.18. The van der Waals surface area contributed by atoms with Gasteiger partial charge in [0.1, 0.15) is 11.5 Å². The SMILES string of the molecule is COc1cccc(NC(=O)COC(=O)C2C[C@H]3CCC[C@H](C2)C3=O)c1. The molecular formula is C19H23NO5. The number of methoxy groups -OCH3 is 1. The number of Topliss-reactive ketones (excluding diaryl/α,β-unsaturated/α-hetero) is 1. The number of hydrogen-bond acceptors (Lipinski definition) is 5. The highest BCUT2D eigenvalue weighted by atomic mass is 16.5. The summed E-state index contributed by atoms with van der Waals surface area (Å²) in [4.78, 5) is 36.3. The molecular weight excluding hydrogens is 322 g/mol. The molecule has 0 aliphatic heterocycles. The predicted octanol–water partition coefficient (Wildman–Crippen LogP) is 2.57. The van der Waals surface area contributed by atoms with Crippen molar-refractivity contribution < 1.29 is 23.9 Å². The van der Waals surface area contributed by atoms with E-state index in [9.17, 15) is 14.4 Å². The van der Waals surface area contributed by atoms with Crippen LogP contribution in [-0.4, -0.2) is 31.4 Å². The van der Waals surface area contributed by atoms with Crippen molar-refractivity contribution in [2.45, 2.75) is 32.1 Å². The van der Waals surface area contributed by atoms with Crippen LogP contribution in [0, 0.1) is 17.8 Å². The molecule has 1 aromatic rings. The van der Waals surface area contributed by atoms with Gasteiger partial charge in [0.05, 0.1) is 13.0 Å². The number of benzene rings is 1. The molecule has 2 fully saturated rings. The lowest BCUT2D eigenvalue weighted by atomic mass is 9.67. The van der Waals surface area contributed by atoms with Crippen LogP contribution in [0.1, 0.15) is 32.1 Å². The number of carbonyl (C=O) groups is 3. The maximum Gasteiger partial charge on any atom is 0.309 e. The van der Waals surface area contributed by atoms with Crippen molar-refractivity contribution in [2.24, 2.45) is 17.8 Å². The van der Waals surface area contributed by atoms with Gasteiger partial charge in [-0.05, 0) is 37.8 Å². The maximum absolute atomic E-state index is 12.3. The van der Waals surface area contributed by atoms with E-state index >= 15 is 0 Å². The van der Waals surface area contributed by atoms with Gasteiger partial charge in [0.2, 0.25) is 0 Å². The number of anilines is 1. The molecule has 25 heavy (non-hydrogen) atoms. The Morgan fingerprint density at radius 2 is 1.92 bits per heavy atom. The standard InChI is InChI=1S/C19H23NO5/c1-24-16-7-3-6-15(10-16)20-17(21)11-25-19(23)14-8-12-4-2-5-13(9-14)18(12)22/h3,6-7,10,12-14H,2,4-5,8-9,11H2,1H3,(H,20,21)/t12-,13-/m1/s1. The molecule has 2 atom stereocenters. The van der Waals surface area contributed by atoms with Crippen molar-refractivity contribution in [3.63, 3.8) is 0 Å². The summed E-state index contributed by atoms with van der Waals surface area (Å²) < 4.78 is 10.3. The summed E-state index contributed by atoms with van der Waals surface area (Å²) in [5.41, 5.74) is 0.582. The van der Waals surface area contributed by atoms with Crippen LogP contribution in [0.15, 0.2) is 24.3 Å². The van der Waals surface area contributed by atoms with Gasteiger partial charge in [0, 0.05) is 23.6 Å². The zero-order valence-corrected chi connectivity index (χ0v) is 14.3. The Labute approximate surface area is 146 Å². The van der Waals surface area contributed by atoms with Gasteiger partial charge in [-0.3, -0.25) is 14.4 Å². The Kier molecular flexibility index (Phi) is 5.36. The van der Waals surface area contributed by atoms with E-state index in [1.807, 2.05) is 0 Å². The molecule has 2 aliphatic rings. The molecule has 1 aromatic carbocycles. The Balaban J connectivity index is 1.48. The largest absolute Gasteiger partial charge is 0.497 e.